The van der Waals surface area contributed by atoms with Gasteiger partial charge in [-0.25, -0.2) is 0 Å². The van der Waals surface area contributed by atoms with E-state index in [9.17, 15) is 0 Å². The summed E-state index contributed by atoms with van der Waals surface area (Å²) in [6.07, 6.45) is 15.0. The Hall–Kier alpha value is -1.12. The molecular formula is C23H39NO. The van der Waals surface area contributed by atoms with Crippen LogP contribution in [0, 0.1) is 0 Å². The van der Waals surface area contributed by atoms with Gasteiger partial charge in [0.15, 0.2) is 0 Å². The molecule has 0 saturated heterocycles. The molecule has 0 spiro atoms. The fraction of sp³-hybridized carbons (Fsp3) is 0.652. The monoisotopic (exact) mass is 345 g/mol. The normalized spacial score (nSPS) is 13.0. The number of hydrogen-bond acceptors (Lipinski definition) is 2. The molecule has 0 amide bonds. The number of ether oxygens (including phenoxy) is 1. The summed E-state index contributed by atoms with van der Waals surface area (Å²) in [6, 6.07) is 10.5. The maximum Gasteiger partial charge on any atom is 0.130 e. The zero-order valence-corrected chi connectivity index (χ0v) is 16.8. The molecule has 2 heteroatoms. The second kappa shape index (κ2) is 15.2. The first-order valence-electron chi connectivity index (χ1n) is 10.4. The standard InChI is InChI=1S/C23H39NO/c1-4-7-9-14-20-24(21-15-10-8-5-2)23(25-6-3)19-18-22-16-12-11-13-17-22/h11-13,16-19,23H,4-10,14-15,20-21H2,1-3H3. The zero-order chi connectivity index (χ0) is 18.2. The lowest BCUT2D eigenvalue weighted by Gasteiger charge is -2.29. The highest BCUT2D eigenvalue weighted by Crippen LogP contribution is 2.13. The number of rotatable bonds is 15. The van der Waals surface area contributed by atoms with Crippen LogP contribution >= 0.6 is 0 Å². The zero-order valence-electron chi connectivity index (χ0n) is 16.8. The van der Waals surface area contributed by atoms with Gasteiger partial charge in [0.2, 0.25) is 0 Å². The predicted octanol–water partition coefficient (Wildman–Crippen LogP) is 6.53. The van der Waals surface area contributed by atoms with E-state index in [-0.39, 0.29) is 6.23 Å². The molecule has 0 fully saturated rings. The lowest BCUT2D eigenvalue weighted by atomic mass is 10.1. The molecule has 0 aliphatic carbocycles. The second-order valence-electron chi connectivity index (χ2n) is 6.77. The van der Waals surface area contributed by atoms with Crippen molar-refractivity contribution in [3.8, 4) is 0 Å². The number of nitrogens with zero attached hydrogens (tertiary/aromatic N) is 1. The van der Waals surface area contributed by atoms with Crippen LogP contribution in [-0.2, 0) is 4.74 Å². The second-order valence-corrected chi connectivity index (χ2v) is 6.77. The van der Waals surface area contributed by atoms with Crippen LogP contribution in [0.2, 0.25) is 0 Å². The minimum Gasteiger partial charge on any atom is -0.360 e. The summed E-state index contributed by atoms with van der Waals surface area (Å²) >= 11 is 0. The van der Waals surface area contributed by atoms with Crippen LogP contribution in [-0.4, -0.2) is 30.8 Å². The summed E-state index contributed by atoms with van der Waals surface area (Å²) in [6.45, 7) is 9.66. The van der Waals surface area contributed by atoms with Crippen molar-refractivity contribution in [2.75, 3.05) is 19.7 Å². The van der Waals surface area contributed by atoms with E-state index in [1.165, 1.54) is 56.9 Å². The maximum absolute atomic E-state index is 6.08. The van der Waals surface area contributed by atoms with E-state index >= 15 is 0 Å². The van der Waals surface area contributed by atoms with E-state index in [1.54, 1.807) is 0 Å². The average molecular weight is 346 g/mol. The molecule has 0 aromatic heterocycles. The molecule has 0 bridgehead atoms. The van der Waals surface area contributed by atoms with Gasteiger partial charge in [0.1, 0.15) is 6.23 Å². The van der Waals surface area contributed by atoms with Crippen molar-refractivity contribution < 1.29 is 4.74 Å². The summed E-state index contributed by atoms with van der Waals surface area (Å²) in [4.78, 5) is 2.54. The Bertz CT molecular complexity index is 417. The van der Waals surface area contributed by atoms with Gasteiger partial charge >= 0.3 is 0 Å². The molecule has 1 rings (SSSR count). The largest absolute Gasteiger partial charge is 0.360 e. The van der Waals surface area contributed by atoms with E-state index in [2.05, 4.69) is 68.2 Å². The topological polar surface area (TPSA) is 12.5 Å². The number of benzene rings is 1. The Morgan fingerprint density at radius 1 is 0.840 bits per heavy atom. The third-order valence-electron chi connectivity index (χ3n) is 4.55. The van der Waals surface area contributed by atoms with Crippen molar-refractivity contribution in [1.82, 2.24) is 4.90 Å². The van der Waals surface area contributed by atoms with Crippen molar-refractivity contribution in [2.24, 2.45) is 0 Å². The van der Waals surface area contributed by atoms with Crippen LogP contribution in [0.5, 0.6) is 0 Å². The van der Waals surface area contributed by atoms with Crippen LogP contribution in [0.4, 0.5) is 0 Å². The summed E-state index contributed by atoms with van der Waals surface area (Å²) in [7, 11) is 0. The lowest BCUT2D eigenvalue weighted by molar-refractivity contribution is -0.0232. The van der Waals surface area contributed by atoms with E-state index < -0.39 is 0 Å². The summed E-state index contributed by atoms with van der Waals surface area (Å²) in [5, 5.41) is 0. The Balaban J connectivity index is 2.66. The Morgan fingerprint density at radius 3 is 1.96 bits per heavy atom. The molecule has 0 radical (unpaired) electrons. The van der Waals surface area contributed by atoms with Gasteiger partial charge in [-0.15, -0.1) is 0 Å². The van der Waals surface area contributed by atoms with Gasteiger partial charge in [0.05, 0.1) is 0 Å². The van der Waals surface area contributed by atoms with Crippen LogP contribution in [0.25, 0.3) is 6.08 Å². The van der Waals surface area contributed by atoms with Gasteiger partial charge in [-0.3, -0.25) is 4.90 Å². The van der Waals surface area contributed by atoms with Crippen molar-refractivity contribution in [2.45, 2.75) is 78.4 Å². The molecule has 0 saturated carbocycles. The molecule has 0 heterocycles. The van der Waals surface area contributed by atoms with Crippen LogP contribution in [0.1, 0.15) is 77.7 Å². The molecule has 0 aliphatic rings. The summed E-state index contributed by atoms with van der Waals surface area (Å²) < 4.78 is 6.08. The maximum atomic E-state index is 6.08. The first kappa shape index (κ1) is 21.9. The Labute approximate surface area is 156 Å². The molecule has 0 aliphatic heterocycles. The van der Waals surface area contributed by atoms with Crippen molar-refractivity contribution >= 4 is 6.08 Å². The molecular weight excluding hydrogens is 306 g/mol. The van der Waals surface area contributed by atoms with Gasteiger partial charge in [0, 0.05) is 19.7 Å². The molecule has 25 heavy (non-hydrogen) atoms. The van der Waals surface area contributed by atoms with Crippen molar-refractivity contribution in [3.63, 3.8) is 0 Å². The first-order valence-corrected chi connectivity index (χ1v) is 10.4. The quantitative estimate of drug-likeness (QED) is 0.265. The van der Waals surface area contributed by atoms with E-state index in [0.29, 0.717) is 0 Å². The number of unbranched alkanes of at least 4 members (excludes halogenated alkanes) is 6. The molecule has 2 nitrogen and oxygen atoms in total. The van der Waals surface area contributed by atoms with Crippen LogP contribution in [0.3, 0.4) is 0 Å². The minimum atomic E-state index is 0.0912. The average Bonchev–Trinajstić information content (AvgIpc) is 2.65. The smallest absolute Gasteiger partial charge is 0.130 e. The Morgan fingerprint density at radius 2 is 1.44 bits per heavy atom. The molecule has 1 aromatic carbocycles. The fourth-order valence-corrected chi connectivity index (χ4v) is 3.06. The minimum absolute atomic E-state index is 0.0912. The fourth-order valence-electron chi connectivity index (χ4n) is 3.06. The molecule has 0 N–H and O–H groups in total. The summed E-state index contributed by atoms with van der Waals surface area (Å²) in [5.74, 6) is 0. The highest BCUT2D eigenvalue weighted by Gasteiger charge is 2.15. The number of hydrogen-bond donors (Lipinski definition) is 0. The SMILES string of the molecule is CCCCCCN(CCCCCC)C(C=Cc1ccccc1)OCC. The predicted molar refractivity (Wildman–Crippen MR) is 111 cm³/mol. The van der Waals surface area contributed by atoms with Gasteiger partial charge in [-0.05, 0) is 31.4 Å². The van der Waals surface area contributed by atoms with E-state index in [4.69, 9.17) is 4.74 Å². The van der Waals surface area contributed by atoms with E-state index in [1.807, 2.05) is 0 Å². The molecule has 1 atom stereocenters. The highest BCUT2D eigenvalue weighted by molar-refractivity contribution is 5.49. The van der Waals surface area contributed by atoms with Gasteiger partial charge in [-0.2, -0.15) is 0 Å². The van der Waals surface area contributed by atoms with Gasteiger partial charge < -0.3 is 4.74 Å². The van der Waals surface area contributed by atoms with Crippen LogP contribution in [0.15, 0.2) is 36.4 Å². The Kier molecular flexibility index (Phi) is 13.3. The van der Waals surface area contributed by atoms with Gasteiger partial charge in [0.25, 0.3) is 0 Å². The van der Waals surface area contributed by atoms with Crippen LogP contribution < -0.4 is 0 Å². The molecule has 1 aromatic rings. The molecule has 1 unspecified atom stereocenters. The van der Waals surface area contributed by atoms with Crippen molar-refractivity contribution in [3.05, 3.63) is 42.0 Å². The van der Waals surface area contributed by atoms with Gasteiger partial charge in [-0.1, -0.05) is 88.8 Å². The third kappa shape index (κ3) is 10.5. The lowest BCUT2D eigenvalue weighted by Crippen LogP contribution is -2.37. The summed E-state index contributed by atoms with van der Waals surface area (Å²) in [5.41, 5.74) is 1.24. The first-order chi connectivity index (χ1) is 12.3. The molecule has 142 valence electrons. The van der Waals surface area contributed by atoms with E-state index in [0.717, 1.165) is 19.7 Å². The highest BCUT2D eigenvalue weighted by atomic mass is 16.5. The van der Waals surface area contributed by atoms with Crippen molar-refractivity contribution in [1.29, 1.82) is 0 Å². The third-order valence-corrected chi connectivity index (χ3v) is 4.55.